The zero-order valence-corrected chi connectivity index (χ0v) is 7.98. The third-order valence-electron chi connectivity index (χ3n) is 1.94. The number of hydrogen-bond donors (Lipinski definition) is 0. The number of halogens is 3. The van der Waals surface area contributed by atoms with Gasteiger partial charge in [-0.1, -0.05) is 0 Å². The van der Waals surface area contributed by atoms with E-state index in [0.29, 0.717) is 13.1 Å². The summed E-state index contributed by atoms with van der Waals surface area (Å²) in [5, 5.41) is 0. The van der Waals surface area contributed by atoms with Gasteiger partial charge in [0.05, 0.1) is 0 Å². The highest BCUT2D eigenvalue weighted by atomic mass is 19.4. The van der Waals surface area contributed by atoms with Crippen LogP contribution in [0.25, 0.3) is 0 Å². The normalized spacial score (nSPS) is 14.0. The van der Waals surface area contributed by atoms with Gasteiger partial charge in [-0.05, 0) is 20.8 Å². The third kappa shape index (κ3) is 3.24. The molecule has 5 heteroatoms. The molecule has 78 valence electrons. The Balaban J connectivity index is 4.41. The zero-order chi connectivity index (χ0) is 10.6. The van der Waals surface area contributed by atoms with Crippen molar-refractivity contribution in [3.05, 3.63) is 0 Å². The summed E-state index contributed by atoms with van der Waals surface area (Å²) in [7, 11) is 0. The summed E-state index contributed by atoms with van der Waals surface area (Å²) >= 11 is 0. The third-order valence-corrected chi connectivity index (χ3v) is 1.94. The Morgan fingerprint density at radius 3 is 1.92 bits per heavy atom. The van der Waals surface area contributed by atoms with Crippen LogP contribution in [0.5, 0.6) is 0 Å². The first-order valence-corrected chi connectivity index (χ1v) is 4.20. The van der Waals surface area contributed by atoms with E-state index in [0.717, 1.165) is 6.92 Å². The van der Waals surface area contributed by atoms with E-state index >= 15 is 0 Å². The van der Waals surface area contributed by atoms with Gasteiger partial charge in [0, 0.05) is 13.1 Å². The van der Waals surface area contributed by atoms with Crippen molar-refractivity contribution in [3.8, 4) is 0 Å². The van der Waals surface area contributed by atoms with E-state index in [1.54, 1.807) is 13.8 Å². The molecule has 0 saturated carbocycles. The van der Waals surface area contributed by atoms with Crippen molar-refractivity contribution in [1.82, 2.24) is 4.90 Å². The van der Waals surface area contributed by atoms with E-state index in [1.165, 1.54) is 4.90 Å². The molecule has 1 atom stereocenters. The minimum atomic E-state index is -4.43. The molecular formula is C8H14F3NO. The number of nitrogens with zero attached hydrogens (tertiary/aromatic N) is 1. The molecule has 2 nitrogen and oxygen atoms in total. The highest BCUT2D eigenvalue weighted by Gasteiger charge is 2.42. The van der Waals surface area contributed by atoms with Crippen molar-refractivity contribution in [2.45, 2.75) is 26.9 Å². The lowest BCUT2D eigenvalue weighted by atomic mass is 10.1. The number of carbonyl (C=O) groups is 1. The van der Waals surface area contributed by atoms with Crippen LogP contribution in [0.3, 0.4) is 0 Å². The van der Waals surface area contributed by atoms with Crippen molar-refractivity contribution in [3.63, 3.8) is 0 Å². The summed E-state index contributed by atoms with van der Waals surface area (Å²) in [4.78, 5) is 12.3. The summed E-state index contributed by atoms with van der Waals surface area (Å²) in [5.74, 6) is -2.75. The van der Waals surface area contributed by atoms with Gasteiger partial charge in [-0.25, -0.2) is 0 Å². The first-order chi connectivity index (χ1) is 5.84. The Morgan fingerprint density at radius 2 is 1.69 bits per heavy atom. The van der Waals surface area contributed by atoms with E-state index in [9.17, 15) is 18.0 Å². The van der Waals surface area contributed by atoms with Crippen LogP contribution in [-0.2, 0) is 4.79 Å². The first kappa shape index (κ1) is 12.3. The molecule has 13 heavy (non-hydrogen) atoms. The Hall–Kier alpha value is -0.740. The molecule has 0 N–H and O–H groups in total. The lowest BCUT2D eigenvalue weighted by Gasteiger charge is -2.24. The van der Waals surface area contributed by atoms with Crippen LogP contribution >= 0.6 is 0 Å². The van der Waals surface area contributed by atoms with Crippen LogP contribution in [-0.4, -0.2) is 30.1 Å². The SMILES string of the molecule is CCN(CC)C(=O)C(C)C(F)(F)F. The van der Waals surface area contributed by atoms with Crippen LogP contribution in [0.1, 0.15) is 20.8 Å². The largest absolute Gasteiger partial charge is 0.400 e. The maximum Gasteiger partial charge on any atom is 0.400 e. The zero-order valence-electron chi connectivity index (χ0n) is 7.98. The average molecular weight is 197 g/mol. The van der Waals surface area contributed by atoms with Gasteiger partial charge in [0.25, 0.3) is 0 Å². The van der Waals surface area contributed by atoms with Crippen LogP contribution < -0.4 is 0 Å². The Morgan fingerprint density at radius 1 is 1.31 bits per heavy atom. The summed E-state index contributed by atoms with van der Waals surface area (Å²) in [6.45, 7) is 4.83. The van der Waals surface area contributed by atoms with Crippen LogP contribution in [0, 0.1) is 5.92 Å². The quantitative estimate of drug-likeness (QED) is 0.678. The van der Waals surface area contributed by atoms with Gasteiger partial charge < -0.3 is 4.90 Å². The number of hydrogen-bond acceptors (Lipinski definition) is 1. The van der Waals surface area contributed by atoms with E-state index in [4.69, 9.17) is 0 Å². The fourth-order valence-electron chi connectivity index (χ4n) is 0.949. The molecule has 0 fully saturated rings. The highest BCUT2D eigenvalue weighted by molar-refractivity contribution is 5.79. The maximum atomic E-state index is 12.1. The lowest BCUT2D eigenvalue weighted by Crippen LogP contribution is -2.40. The molecule has 0 rings (SSSR count). The smallest absolute Gasteiger partial charge is 0.343 e. The molecule has 0 heterocycles. The maximum absolute atomic E-state index is 12.1. The molecule has 0 aliphatic heterocycles. The van der Waals surface area contributed by atoms with E-state index in [1.807, 2.05) is 0 Å². The summed E-state index contributed by atoms with van der Waals surface area (Å²) < 4.78 is 36.3. The minimum Gasteiger partial charge on any atom is -0.343 e. The first-order valence-electron chi connectivity index (χ1n) is 4.20. The molecule has 0 aliphatic carbocycles. The summed E-state index contributed by atoms with van der Waals surface area (Å²) in [6, 6.07) is 0. The monoisotopic (exact) mass is 197 g/mol. The van der Waals surface area contributed by atoms with Gasteiger partial charge >= 0.3 is 6.18 Å². The second kappa shape index (κ2) is 4.48. The molecule has 0 spiro atoms. The highest BCUT2D eigenvalue weighted by Crippen LogP contribution is 2.27. The van der Waals surface area contributed by atoms with Crippen molar-refractivity contribution >= 4 is 5.91 Å². The number of carbonyl (C=O) groups excluding carboxylic acids is 1. The fourth-order valence-corrected chi connectivity index (χ4v) is 0.949. The van der Waals surface area contributed by atoms with Gasteiger partial charge in [0.1, 0.15) is 5.92 Å². The number of alkyl halides is 3. The standard InChI is InChI=1S/C8H14F3NO/c1-4-12(5-2)7(13)6(3)8(9,10)11/h6H,4-5H2,1-3H3. The van der Waals surface area contributed by atoms with E-state index in [-0.39, 0.29) is 0 Å². The molecule has 1 unspecified atom stereocenters. The second-order valence-corrected chi connectivity index (χ2v) is 2.77. The number of rotatable bonds is 3. The number of amides is 1. The van der Waals surface area contributed by atoms with Crippen molar-refractivity contribution in [2.75, 3.05) is 13.1 Å². The Kier molecular flexibility index (Phi) is 4.23. The second-order valence-electron chi connectivity index (χ2n) is 2.77. The van der Waals surface area contributed by atoms with Crippen LogP contribution in [0.2, 0.25) is 0 Å². The van der Waals surface area contributed by atoms with Crippen molar-refractivity contribution in [2.24, 2.45) is 5.92 Å². The van der Waals surface area contributed by atoms with Crippen LogP contribution in [0.4, 0.5) is 13.2 Å². The van der Waals surface area contributed by atoms with Gasteiger partial charge in [-0.2, -0.15) is 13.2 Å². The van der Waals surface area contributed by atoms with Gasteiger partial charge in [-0.3, -0.25) is 4.79 Å². The molecule has 0 aromatic rings. The molecule has 0 radical (unpaired) electrons. The Labute approximate surface area is 75.7 Å². The minimum absolute atomic E-state index is 0.315. The van der Waals surface area contributed by atoms with Crippen LogP contribution in [0.15, 0.2) is 0 Å². The molecule has 0 bridgehead atoms. The lowest BCUT2D eigenvalue weighted by molar-refractivity contribution is -0.185. The van der Waals surface area contributed by atoms with Gasteiger partial charge in [-0.15, -0.1) is 0 Å². The fraction of sp³-hybridized carbons (Fsp3) is 0.875. The predicted molar refractivity (Wildman–Crippen MR) is 43.1 cm³/mol. The van der Waals surface area contributed by atoms with Gasteiger partial charge in [0.15, 0.2) is 0 Å². The average Bonchev–Trinajstić information content (AvgIpc) is 2.03. The van der Waals surface area contributed by atoms with E-state index in [2.05, 4.69) is 0 Å². The molecule has 1 amide bonds. The molecule has 0 aromatic carbocycles. The topological polar surface area (TPSA) is 20.3 Å². The van der Waals surface area contributed by atoms with Crippen molar-refractivity contribution in [1.29, 1.82) is 0 Å². The predicted octanol–water partition coefficient (Wildman–Crippen LogP) is 2.05. The Bertz CT molecular complexity index is 175. The summed E-state index contributed by atoms with van der Waals surface area (Å²) in [6.07, 6.45) is -4.43. The van der Waals surface area contributed by atoms with Gasteiger partial charge in [0.2, 0.25) is 5.91 Å². The molecule has 0 aliphatic rings. The summed E-state index contributed by atoms with van der Waals surface area (Å²) in [5.41, 5.74) is 0. The molecule has 0 aromatic heterocycles. The van der Waals surface area contributed by atoms with Crippen molar-refractivity contribution < 1.29 is 18.0 Å². The molecule has 0 saturated heterocycles. The van der Waals surface area contributed by atoms with E-state index < -0.39 is 18.0 Å². The molecular weight excluding hydrogens is 183 g/mol.